The van der Waals surface area contributed by atoms with Gasteiger partial charge in [-0.25, -0.2) is 4.18 Å². The molecule has 19 heavy (non-hydrogen) atoms. The van der Waals surface area contributed by atoms with Gasteiger partial charge >= 0.3 is 0 Å². The predicted molar refractivity (Wildman–Crippen MR) is 73.9 cm³/mol. The largest absolute Gasteiger partial charge is 0.265 e. The monoisotopic (exact) mass is 281 g/mol. The van der Waals surface area contributed by atoms with Gasteiger partial charge in [-0.2, -0.15) is 13.7 Å². The van der Waals surface area contributed by atoms with Crippen molar-refractivity contribution in [3.05, 3.63) is 35.9 Å². The molecular weight excluding hydrogens is 262 g/mol. The van der Waals surface area contributed by atoms with E-state index in [-0.39, 0.29) is 12.3 Å². The summed E-state index contributed by atoms with van der Waals surface area (Å²) >= 11 is 0. The maximum atomic E-state index is 11.4. The lowest BCUT2D eigenvalue weighted by atomic mass is 9.88. The Morgan fingerprint density at radius 1 is 1.32 bits per heavy atom. The molecule has 0 bridgehead atoms. The number of nitriles is 1. The third-order valence-corrected chi connectivity index (χ3v) is 3.21. The maximum Gasteiger partial charge on any atom is 0.265 e. The van der Waals surface area contributed by atoms with Gasteiger partial charge in [-0.15, -0.1) is 0 Å². The second-order valence-electron chi connectivity index (χ2n) is 5.15. The van der Waals surface area contributed by atoms with Crippen LogP contribution in [0.15, 0.2) is 30.3 Å². The summed E-state index contributed by atoms with van der Waals surface area (Å²) in [6, 6.07) is 11.4. The van der Waals surface area contributed by atoms with Gasteiger partial charge in [0, 0.05) is 6.42 Å². The van der Waals surface area contributed by atoms with Gasteiger partial charge in [0.05, 0.1) is 12.3 Å². The molecule has 1 unspecified atom stereocenters. The van der Waals surface area contributed by atoms with Crippen LogP contribution >= 0.6 is 0 Å². The molecule has 0 amide bonds. The first kappa shape index (κ1) is 15.7. The smallest absolute Gasteiger partial charge is 0.248 e. The topological polar surface area (TPSA) is 67.2 Å². The number of benzene rings is 1. The Bertz CT molecular complexity index is 546. The maximum absolute atomic E-state index is 11.4. The Kier molecular flexibility index (Phi) is 5.10. The zero-order chi connectivity index (χ0) is 14.5. The summed E-state index contributed by atoms with van der Waals surface area (Å²) in [6.07, 6.45) is 1.60. The van der Waals surface area contributed by atoms with E-state index >= 15 is 0 Å². The van der Waals surface area contributed by atoms with E-state index in [1.54, 1.807) is 0 Å². The van der Waals surface area contributed by atoms with Crippen LogP contribution in [0.25, 0.3) is 0 Å². The highest BCUT2D eigenvalue weighted by atomic mass is 32.2. The van der Waals surface area contributed by atoms with Gasteiger partial charge < -0.3 is 0 Å². The molecule has 0 fully saturated rings. The Labute approximate surface area is 115 Å². The lowest BCUT2D eigenvalue weighted by Crippen LogP contribution is -2.37. The molecule has 0 aliphatic rings. The number of hydrogen-bond acceptors (Lipinski definition) is 4. The van der Waals surface area contributed by atoms with E-state index in [0.29, 0.717) is 6.42 Å². The van der Waals surface area contributed by atoms with Crippen molar-refractivity contribution in [1.82, 2.24) is 0 Å². The molecule has 0 radical (unpaired) electrons. The first-order valence-electron chi connectivity index (χ1n) is 6.12. The zero-order valence-electron chi connectivity index (χ0n) is 11.5. The molecule has 1 rings (SSSR count). The SMILES string of the molecule is CC(C)CC(C#N)(Cc1ccccc1)OS(C)(=O)=O. The quantitative estimate of drug-likeness (QED) is 0.751. The standard InChI is InChI=1S/C14H19NO3S/c1-12(2)9-14(11-15,18-19(3,16)17)10-13-7-5-4-6-8-13/h4-8,12H,9-10H2,1-3H3. The summed E-state index contributed by atoms with van der Waals surface area (Å²) in [5, 5.41) is 9.41. The molecule has 0 spiro atoms. The minimum atomic E-state index is -3.68. The lowest BCUT2D eigenvalue weighted by molar-refractivity contribution is 0.112. The van der Waals surface area contributed by atoms with Crippen LogP contribution in [0.3, 0.4) is 0 Å². The van der Waals surface area contributed by atoms with E-state index in [2.05, 4.69) is 6.07 Å². The van der Waals surface area contributed by atoms with Crippen LogP contribution in [-0.4, -0.2) is 20.3 Å². The fraction of sp³-hybridized carbons (Fsp3) is 0.500. The van der Waals surface area contributed by atoms with Crippen molar-refractivity contribution in [2.45, 2.75) is 32.3 Å². The van der Waals surface area contributed by atoms with Crippen LogP contribution in [0, 0.1) is 17.2 Å². The van der Waals surface area contributed by atoms with Crippen molar-refractivity contribution in [2.75, 3.05) is 6.26 Å². The molecule has 0 N–H and O–H groups in total. The van der Waals surface area contributed by atoms with Crippen LogP contribution in [-0.2, 0) is 20.7 Å². The molecular formula is C14H19NO3S. The molecule has 1 aromatic rings. The van der Waals surface area contributed by atoms with E-state index in [1.807, 2.05) is 44.2 Å². The Morgan fingerprint density at radius 2 is 1.89 bits per heavy atom. The molecule has 1 aromatic carbocycles. The zero-order valence-corrected chi connectivity index (χ0v) is 12.3. The number of rotatable bonds is 6. The molecule has 4 nitrogen and oxygen atoms in total. The third kappa shape index (κ3) is 5.41. The summed E-state index contributed by atoms with van der Waals surface area (Å²) in [5.41, 5.74) is -0.448. The van der Waals surface area contributed by atoms with Crippen LogP contribution in [0.5, 0.6) is 0 Å². The summed E-state index contributed by atoms with van der Waals surface area (Å²) < 4.78 is 27.9. The lowest BCUT2D eigenvalue weighted by Gasteiger charge is -2.27. The summed E-state index contributed by atoms with van der Waals surface area (Å²) in [5.74, 6) is 0.158. The first-order chi connectivity index (χ1) is 8.76. The van der Waals surface area contributed by atoms with E-state index in [0.717, 1.165) is 11.8 Å². The van der Waals surface area contributed by atoms with Crippen LogP contribution in [0.2, 0.25) is 0 Å². The Morgan fingerprint density at radius 3 is 2.32 bits per heavy atom. The number of hydrogen-bond donors (Lipinski definition) is 0. The van der Waals surface area contributed by atoms with Gasteiger partial charge in [0.2, 0.25) is 0 Å². The Hall–Kier alpha value is -1.38. The van der Waals surface area contributed by atoms with Gasteiger partial charge in [0.25, 0.3) is 10.1 Å². The molecule has 0 saturated carbocycles. The first-order valence-corrected chi connectivity index (χ1v) is 7.94. The number of nitrogens with zero attached hydrogens (tertiary/aromatic N) is 1. The van der Waals surface area contributed by atoms with E-state index in [9.17, 15) is 13.7 Å². The third-order valence-electron chi connectivity index (χ3n) is 2.59. The van der Waals surface area contributed by atoms with E-state index < -0.39 is 15.7 Å². The van der Waals surface area contributed by atoms with Crippen LogP contribution in [0.4, 0.5) is 0 Å². The van der Waals surface area contributed by atoms with Gasteiger partial charge in [-0.3, -0.25) is 0 Å². The van der Waals surface area contributed by atoms with Crippen molar-refractivity contribution >= 4 is 10.1 Å². The molecule has 0 saturated heterocycles. The fourth-order valence-electron chi connectivity index (χ4n) is 2.11. The fourth-order valence-corrected chi connectivity index (χ4v) is 2.86. The highest BCUT2D eigenvalue weighted by molar-refractivity contribution is 7.86. The van der Waals surface area contributed by atoms with E-state index in [4.69, 9.17) is 4.18 Å². The highest BCUT2D eigenvalue weighted by Gasteiger charge is 2.36. The summed E-state index contributed by atoms with van der Waals surface area (Å²) in [6.45, 7) is 3.87. The van der Waals surface area contributed by atoms with Gasteiger partial charge in [-0.1, -0.05) is 44.2 Å². The predicted octanol–water partition coefficient (Wildman–Crippen LogP) is 2.51. The van der Waals surface area contributed by atoms with E-state index in [1.165, 1.54) is 0 Å². The van der Waals surface area contributed by atoms with Crippen LogP contribution in [0.1, 0.15) is 25.8 Å². The minimum Gasteiger partial charge on any atom is -0.248 e. The summed E-state index contributed by atoms with van der Waals surface area (Å²) in [7, 11) is -3.68. The van der Waals surface area contributed by atoms with Crippen molar-refractivity contribution in [3.8, 4) is 6.07 Å². The highest BCUT2D eigenvalue weighted by Crippen LogP contribution is 2.27. The average Bonchev–Trinajstić information content (AvgIpc) is 2.27. The van der Waals surface area contributed by atoms with Crippen molar-refractivity contribution in [3.63, 3.8) is 0 Å². The normalized spacial score (nSPS) is 14.9. The second kappa shape index (κ2) is 6.18. The molecule has 1 atom stereocenters. The summed E-state index contributed by atoms with van der Waals surface area (Å²) in [4.78, 5) is 0. The second-order valence-corrected chi connectivity index (χ2v) is 6.73. The van der Waals surface area contributed by atoms with Crippen molar-refractivity contribution < 1.29 is 12.6 Å². The average molecular weight is 281 g/mol. The minimum absolute atomic E-state index is 0.158. The molecule has 0 heterocycles. The van der Waals surface area contributed by atoms with Crippen LogP contribution < -0.4 is 0 Å². The molecule has 0 aliphatic heterocycles. The van der Waals surface area contributed by atoms with Gasteiger partial charge in [-0.05, 0) is 17.9 Å². The Balaban J connectivity index is 3.07. The van der Waals surface area contributed by atoms with Crippen molar-refractivity contribution in [1.29, 1.82) is 5.26 Å². The van der Waals surface area contributed by atoms with Gasteiger partial charge in [0.1, 0.15) is 0 Å². The van der Waals surface area contributed by atoms with Gasteiger partial charge in [0.15, 0.2) is 5.60 Å². The molecule has 5 heteroatoms. The molecule has 0 aromatic heterocycles. The molecule has 104 valence electrons. The van der Waals surface area contributed by atoms with Crippen molar-refractivity contribution in [2.24, 2.45) is 5.92 Å². The molecule has 0 aliphatic carbocycles.